The smallest absolute Gasteiger partial charge is 0.316 e. The van der Waals surface area contributed by atoms with Crippen LogP contribution in [0.1, 0.15) is 24.9 Å². The number of aromatic nitrogens is 3. The average molecular weight is 314 g/mol. The van der Waals surface area contributed by atoms with Crippen molar-refractivity contribution in [3.05, 3.63) is 48.5 Å². The van der Waals surface area contributed by atoms with E-state index in [9.17, 15) is 14.7 Å². The zero-order chi connectivity index (χ0) is 16.4. The number of likely N-dealkylation sites (tertiary alicyclic amines) is 1. The van der Waals surface area contributed by atoms with Gasteiger partial charge in [0, 0.05) is 13.1 Å². The van der Waals surface area contributed by atoms with Crippen molar-refractivity contribution in [2.75, 3.05) is 13.1 Å². The summed E-state index contributed by atoms with van der Waals surface area (Å²) < 4.78 is 1.48. The van der Waals surface area contributed by atoms with Gasteiger partial charge in [-0.3, -0.25) is 9.59 Å². The van der Waals surface area contributed by atoms with E-state index < -0.39 is 17.4 Å². The second kappa shape index (κ2) is 5.83. The minimum Gasteiger partial charge on any atom is -0.481 e. The molecule has 1 aromatic carbocycles. The van der Waals surface area contributed by atoms with E-state index in [1.165, 1.54) is 17.3 Å². The topological polar surface area (TPSA) is 88.3 Å². The quantitative estimate of drug-likeness (QED) is 0.913. The van der Waals surface area contributed by atoms with Crippen molar-refractivity contribution in [2.45, 2.75) is 24.8 Å². The Balaban J connectivity index is 1.83. The van der Waals surface area contributed by atoms with Gasteiger partial charge in [-0.1, -0.05) is 30.3 Å². The number of hydrogen-bond donors (Lipinski definition) is 1. The third-order valence-electron chi connectivity index (χ3n) is 4.51. The van der Waals surface area contributed by atoms with Crippen LogP contribution in [0.2, 0.25) is 0 Å². The van der Waals surface area contributed by atoms with Crippen LogP contribution < -0.4 is 0 Å². The summed E-state index contributed by atoms with van der Waals surface area (Å²) in [6.07, 6.45) is 3.27. The Labute approximate surface area is 133 Å². The number of benzene rings is 1. The molecule has 1 saturated heterocycles. The van der Waals surface area contributed by atoms with Gasteiger partial charge in [0.25, 0.3) is 0 Å². The van der Waals surface area contributed by atoms with Crippen LogP contribution in [0.15, 0.2) is 43.0 Å². The lowest BCUT2D eigenvalue weighted by molar-refractivity contribution is -0.143. The van der Waals surface area contributed by atoms with Crippen LogP contribution in [-0.2, 0) is 15.0 Å². The highest BCUT2D eigenvalue weighted by Crippen LogP contribution is 2.35. The number of nitrogens with zero attached hydrogens (tertiary/aromatic N) is 4. The molecule has 1 fully saturated rings. The summed E-state index contributed by atoms with van der Waals surface area (Å²) in [6, 6.07) is 8.61. The lowest BCUT2D eigenvalue weighted by Gasteiger charge is -2.26. The number of carboxylic acids is 1. The van der Waals surface area contributed by atoms with E-state index >= 15 is 0 Å². The molecule has 1 aromatic heterocycles. The molecule has 2 aromatic rings. The standard InChI is InChI=1S/C16H18N4O3/c1-12(20-11-17-10-18-20)14(21)19-8-7-16(9-19,15(22)23)13-5-3-2-4-6-13/h2-6,10-12H,7-9H2,1H3,(H,22,23). The molecule has 23 heavy (non-hydrogen) atoms. The molecule has 0 bridgehead atoms. The molecule has 2 unspecified atom stereocenters. The molecule has 1 N–H and O–H groups in total. The molecular formula is C16H18N4O3. The van der Waals surface area contributed by atoms with E-state index in [2.05, 4.69) is 10.1 Å². The number of amides is 1. The molecule has 1 aliphatic heterocycles. The molecule has 1 aliphatic rings. The van der Waals surface area contributed by atoms with Crippen molar-refractivity contribution in [2.24, 2.45) is 0 Å². The average Bonchev–Trinajstić information content (AvgIpc) is 3.24. The largest absolute Gasteiger partial charge is 0.481 e. The van der Waals surface area contributed by atoms with Crippen molar-refractivity contribution in [1.29, 1.82) is 0 Å². The monoisotopic (exact) mass is 314 g/mol. The fraction of sp³-hybridized carbons (Fsp3) is 0.375. The van der Waals surface area contributed by atoms with E-state index in [4.69, 9.17) is 0 Å². The molecule has 7 heteroatoms. The Hall–Kier alpha value is -2.70. The highest BCUT2D eigenvalue weighted by atomic mass is 16.4. The van der Waals surface area contributed by atoms with Gasteiger partial charge in [-0.25, -0.2) is 9.67 Å². The second-order valence-electron chi connectivity index (χ2n) is 5.81. The van der Waals surface area contributed by atoms with E-state index in [1.807, 2.05) is 30.3 Å². The Kier molecular flexibility index (Phi) is 3.85. The van der Waals surface area contributed by atoms with E-state index in [0.717, 1.165) is 5.56 Å². The van der Waals surface area contributed by atoms with Crippen LogP contribution in [0, 0.1) is 0 Å². The van der Waals surface area contributed by atoms with Gasteiger partial charge in [-0.2, -0.15) is 5.10 Å². The van der Waals surface area contributed by atoms with E-state index in [1.54, 1.807) is 11.8 Å². The number of carbonyl (C=O) groups is 2. The highest BCUT2D eigenvalue weighted by Gasteiger charge is 2.48. The maximum atomic E-state index is 12.6. The summed E-state index contributed by atoms with van der Waals surface area (Å²) >= 11 is 0. The van der Waals surface area contributed by atoms with E-state index in [0.29, 0.717) is 13.0 Å². The molecule has 0 saturated carbocycles. The van der Waals surface area contributed by atoms with Crippen LogP contribution in [0.5, 0.6) is 0 Å². The zero-order valence-corrected chi connectivity index (χ0v) is 12.8. The number of carbonyl (C=O) groups excluding carboxylic acids is 1. The van der Waals surface area contributed by atoms with Gasteiger partial charge in [0.2, 0.25) is 5.91 Å². The molecule has 2 heterocycles. The van der Waals surface area contributed by atoms with Crippen LogP contribution in [0.4, 0.5) is 0 Å². The second-order valence-corrected chi connectivity index (χ2v) is 5.81. The van der Waals surface area contributed by atoms with Crippen LogP contribution >= 0.6 is 0 Å². The minimum absolute atomic E-state index is 0.144. The highest BCUT2D eigenvalue weighted by molar-refractivity contribution is 5.86. The first kappa shape index (κ1) is 15.2. The van der Waals surface area contributed by atoms with E-state index in [-0.39, 0.29) is 12.5 Å². The van der Waals surface area contributed by atoms with Gasteiger partial charge in [0.05, 0.1) is 0 Å². The van der Waals surface area contributed by atoms with Gasteiger partial charge in [0.15, 0.2) is 0 Å². The van der Waals surface area contributed by atoms with Crippen molar-refractivity contribution in [1.82, 2.24) is 19.7 Å². The Bertz CT molecular complexity index is 701. The molecular weight excluding hydrogens is 296 g/mol. The Morgan fingerprint density at radius 3 is 2.65 bits per heavy atom. The number of carboxylic acid groups (broad SMARTS) is 1. The van der Waals surface area contributed by atoms with Gasteiger partial charge in [-0.05, 0) is 18.9 Å². The van der Waals surface area contributed by atoms with Crippen LogP contribution in [0.25, 0.3) is 0 Å². The first-order valence-electron chi connectivity index (χ1n) is 7.46. The third kappa shape index (κ3) is 2.58. The summed E-state index contributed by atoms with van der Waals surface area (Å²) in [5, 5.41) is 13.8. The SMILES string of the molecule is CC(C(=O)N1CCC(C(=O)O)(c2ccccc2)C1)n1cncn1. The lowest BCUT2D eigenvalue weighted by Crippen LogP contribution is -2.42. The fourth-order valence-electron chi connectivity index (χ4n) is 3.08. The first-order chi connectivity index (χ1) is 11.0. The summed E-state index contributed by atoms with van der Waals surface area (Å²) in [5.41, 5.74) is -0.310. The van der Waals surface area contributed by atoms with Crippen LogP contribution in [0.3, 0.4) is 0 Å². The van der Waals surface area contributed by atoms with Crippen molar-refractivity contribution in [3.8, 4) is 0 Å². The molecule has 2 atom stereocenters. The number of hydrogen-bond acceptors (Lipinski definition) is 4. The molecule has 120 valence electrons. The zero-order valence-electron chi connectivity index (χ0n) is 12.8. The van der Waals surface area contributed by atoms with Gasteiger partial charge < -0.3 is 10.0 Å². The summed E-state index contributed by atoms with van der Waals surface area (Å²) in [7, 11) is 0. The molecule has 1 amide bonds. The van der Waals surface area contributed by atoms with Crippen molar-refractivity contribution in [3.63, 3.8) is 0 Å². The summed E-state index contributed by atoms with van der Waals surface area (Å²) in [6.45, 7) is 2.32. The predicted molar refractivity (Wildman–Crippen MR) is 81.7 cm³/mol. The molecule has 0 spiro atoms. The molecule has 7 nitrogen and oxygen atoms in total. The number of aliphatic carboxylic acids is 1. The molecule has 3 rings (SSSR count). The Morgan fingerprint density at radius 2 is 2.04 bits per heavy atom. The van der Waals surface area contributed by atoms with Crippen molar-refractivity contribution >= 4 is 11.9 Å². The number of rotatable bonds is 4. The predicted octanol–water partition coefficient (Wildman–Crippen LogP) is 1.09. The van der Waals surface area contributed by atoms with Gasteiger partial charge in [-0.15, -0.1) is 0 Å². The van der Waals surface area contributed by atoms with Crippen molar-refractivity contribution < 1.29 is 14.7 Å². The Morgan fingerprint density at radius 1 is 1.30 bits per heavy atom. The van der Waals surface area contributed by atoms with Gasteiger partial charge in [0.1, 0.15) is 24.1 Å². The minimum atomic E-state index is -1.04. The summed E-state index contributed by atoms with van der Waals surface area (Å²) in [4.78, 5) is 30.0. The summed E-state index contributed by atoms with van der Waals surface area (Å²) in [5.74, 6) is -1.04. The maximum Gasteiger partial charge on any atom is 0.316 e. The first-order valence-corrected chi connectivity index (χ1v) is 7.46. The maximum absolute atomic E-state index is 12.6. The fourth-order valence-corrected chi connectivity index (χ4v) is 3.08. The van der Waals surface area contributed by atoms with Crippen LogP contribution in [-0.4, -0.2) is 49.7 Å². The normalized spacial score (nSPS) is 22.0. The van der Waals surface area contributed by atoms with Gasteiger partial charge >= 0.3 is 5.97 Å². The lowest BCUT2D eigenvalue weighted by atomic mass is 9.80. The molecule has 0 radical (unpaired) electrons. The molecule has 0 aliphatic carbocycles. The third-order valence-corrected chi connectivity index (χ3v) is 4.51.